The molecular formula is C14H19N3O3. The summed E-state index contributed by atoms with van der Waals surface area (Å²) in [6.07, 6.45) is 2.07. The lowest BCUT2D eigenvalue weighted by Gasteiger charge is -2.16. The molecule has 1 unspecified atom stereocenters. The van der Waals surface area contributed by atoms with E-state index in [1.54, 1.807) is 31.4 Å². The molecule has 1 aromatic rings. The quantitative estimate of drug-likeness (QED) is 0.681. The van der Waals surface area contributed by atoms with E-state index >= 15 is 0 Å². The summed E-state index contributed by atoms with van der Waals surface area (Å²) in [7, 11) is 1.58. The summed E-state index contributed by atoms with van der Waals surface area (Å²) in [6, 6.07) is 6.63. The van der Waals surface area contributed by atoms with Gasteiger partial charge >= 0.3 is 0 Å². The SMILES string of the molecule is COc1ccc(NC(CC(=O)NC2CC2)C(N)=O)cc1. The van der Waals surface area contributed by atoms with E-state index in [-0.39, 0.29) is 18.4 Å². The minimum absolute atomic E-state index is 0.0395. The number of hydrogen-bond acceptors (Lipinski definition) is 4. The van der Waals surface area contributed by atoms with Gasteiger partial charge < -0.3 is 21.1 Å². The highest BCUT2D eigenvalue weighted by molar-refractivity contribution is 5.89. The molecule has 1 atom stereocenters. The van der Waals surface area contributed by atoms with Crippen molar-refractivity contribution in [3.05, 3.63) is 24.3 Å². The van der Waals surface area contributed by atoms with Crippen molar-refractivity contribution in [1.29, 1.82) is 0 Å². The zero-order chi connectivity index (χ0) is 14.5. The number of benzene rings is 1. The molecule has 20 heavy (non-hydrogen) atoms. The molecule has 1 aliphatic rings. The fourth-order valence-electron chi connectivity index (χ4n) is 1.81. The molecule has 1 fully saturated rings. The first-order valence-corrected chi connectivity index (χ1v) is 6.57. The Morgan fingerprint density at radius 3 is 2.50 bits per heavy atom. The Bertz CT molecular complexity index is 483. The summed E-state index contributed by atoms with van der Waals surface area (Å²) in [5.41, 5.74) is 6.05. The lowest BCUT2D eigenvalue weighted by atomic mass is 10.1. The van der Waals surface area contributed by atoms with E-state index in [1.807, 2.05) is 0 Å². The third kappa shape index (κ3) is 4.15. The zero-order valence-corrected chi connectivity index (χ0v) is 11.4. The lowest BCUT2D eigenvalue weighted by molar-refractivity contribution is -0.125. The van der Waals surface area contributed by atoms with Crippen LogP contribution in [0.2, 0.25) is 0 Å². The second kappa shape index (κ2) is 6.27. The molecule has 2 amide bonds. The summed E-state index contributed by atoms with van der Waals surface area (Å²) in [6.45, 7) is 0. The average molecular weight is 277 g/mol. The molecule has 0 radical (unpaired) electrons. The molecular weight excluding hydrogens is 258 g/mol. The number of primary amides is 1. The molecule has 1 saturated carbocycles. The number of nitrogens with one attached hydrogen (secondary N) is 2. The van der Waals surface area contributed by atoms with Crippen LogP contribution >= 0.6 is 0 Å². The first-order chi connectivity index (χ1) is 9.58. The Morgan fingerprint density at radius 2 is 2.00 bits per heavy atom. The van der Waals surface area contributed by atoms with Crippen LogP contribution in [-0.2, 0) is 9.59 Å². The third-order valence-corrected chi connectivity index (χ3v) is 3.11. The molecule has 1 aliphatic carbocycles. The van der Waals surface area contributed by atoms with Gasteiger partial charge in [0.15, 0.2) is 0 Å². The lowest BCUT2D eigenvalue weighted by Crippen LogP contribution is -2.40. The van der Waals surface area contributed by atoms with Gasteiger partial charge in [0.2, 0.25) is 11.8 Å². The van der Waals surface area contributed by atoms with E-state index in [0.29, 0.717) is 5.69 Å². The Labute approximate surface area is 117 Å². The van der Waals surface area contributed by atoms with Crippen LogP contribution in [0.3, 0.4) is 0 Å². The van der Waals surface area contributed by atoms with Crippen molar-refractivity contribution in [1.82, 2.24) is 5.32 Å². The van der Waals surface area contributed by atoms with Crippen molar-refractivity contribution in [2.24, 2.45) is 5.73 Å². The van der Waals surface area contributed by atoms with Crippen molar-refractivity contribution in [2.45, 2.75) is 31.3 Å². The number of carbonyl (C=O) groups is 2. The van der Waals surface area contributed by atoms with Crippen LogP contribution in [0.1, 0.15) is 19.3 Å². The molecule has 108 valence electrons. The third-order valence-electron chi connectivity index (χ3n) is 3.11. The van der Waals surface area contributed by atoms with E-state index in [4.69, 9.17) is 10.5 Å². The van der Waals surface area contributed by atoms with Gasteiger partial charge in [0.1, 0.15) is 11.8 Å². The summed E-state index contributed by atoms with van der Waals surface area (Å²) < 4.78 is 5.05. The average Bonchev–Trinajstić information content (AvgIpc) is 3.22. The van der Waals surface area contributed by atoms with Crippen molar-refractivity contribution >= 4 is 17.5 Å². The van der Waals surface area contributed by atoms with Crippen molar-refractivity contribution in [3.8, 4) is 5.75 Å². The van der Waals surface area contributed by atoms with E-state index in [9.17, 15) is 9.59 Å². The highest BCUT2D eigenvalue weighted by Gasteiger charge is 2.26. The minimum Gasteiger partial charge on any atom is -0.497 e. The van der Waals surface area contributed by atoms with E-state index < -0.39 is 11.9 Å². The molecule has 0 aliphatic heterocycles. The van der Waals surface area contributed by atoms with Gasteiger partial charge in [0.25, 0.3) is 0 Å². The summed E-state index contributed by atoms with van der Waals surface area (Å²) in [5, 5.41) is 5.80. The largest absolute Gasteiger partial charge is 0.497 e. The number of amides is 2. The van der Waals surface area contributed by atoms with Gasteiger partial charge in [-0.2, -0.15) is 0 Å². The number of anilines is 1. The fourth-order valence-corrected chi connectivity index (χ4v) is 1.81. The smallest absolute Gasteiger partial charge is 0.240 e. The number of carbonyl (C=O) groups excluding carboxylic acids is 2. The maximum absolute atomic E-state index is 11.7. The van der Waals surface area contributed by atoms with E-state index in [1.165, 1.54) is 0 Å². The maximum atomic E-state index is 11.7. The molecule has 4 N–H and O–H groups in total. The standard InChI is InChI=1S/C14H19N3O3/c1-20-11-6-4-9(5-7-11)16-12(14(15)19)8-13(18)17-10-2-3-10/h4-7,10,12,16H,2-3,8H2,1H3,(H2,15,19)(H,17,18). The van der Waals surface area contributed by atoms with Gasteiger partial charge in [-0.25, -0.2) is 0 Å². The van der Waals surface area contributed by atoms with E-state index in [0.717, 1.165) is 18.6 Å². The van der Waals surface area contributed by atoms with Gasteiger partial charge in [0, 0.05) is 11.7 Å². The van der Waals surface area contributed by atoms with Crippen LogP contribution in [0.5, 0.6) is 5.75 Å². The Hall–Kier alpha value is -2.24. The van der Waals surface area contributed by atoms with Crippen LogP contribution in [0.25, 0.3) is 0 Å². The van der Waals surface area contributed by atoms with Gasteiger partial charge in [-0.3, -0.25) is 9.59 Å². The molecule has 6 nitrogen and oxygen atoms in total. The molecule has 0 bridgehead atoms. The van der Waals surface area contributed by atoms with Gasteiger partial charge in [0.05, 0.1) is 13.5 Å². The number of rotatable bonds is 7. The van der Waals surface area contributed by atoms with Crippen molar-refractivity contribution < 1.29 is 14.3 Å². The number of methoxy groups -OCH3 is 1. The fraction of sp³-hybridized carbons (Fsp3) is 0.429. The summed E-state index contributed by atoms with van der Waals surface area (Å²) in [5.74, 6) is 0.0155. The maximum Gasteiger partial charge on any atom is 0.240 e. The molecule has 6 heteroatoms. The van der Waals surface area contributed by atoms with Crippen LogP contribution in [0.4, 0.5) is 5.69 Å². The van der Waals surface area contributed by atoms with E-state index in [2.05, 4.69) is 10.6 Å². The normalized spacial score (nSPS) is 15.2. The molecule has 0 heterocycles. The molecule has 0 saturated heterocycles. The highest BCUT2D eigenvalue weighted by atomic mass is 16.5. The number of nitrogens with two attached hydrogens (primary N) is 1. The van der Waals surface area contributed by atoms with Gasteiger partial charge in [-0.1, -0.05) is 0 Å². The van der Waals surface area contributed by atoms with Crippen LogP contribution < -0.4 is 21.1 Å². The predicted molar refractivity (Wildman–Crippen MR) is 75.4 cm³/mol. The van der Waals surface area contributed by atoms with Crippen molar-refractivity contribution in [3.63, 3.8) is 0 Å². The van der Waals surface area contributed by atoms with Gasteiger partial charge in [-0.15, -0.1) is 0 Å². The van der Waals surface area contributed by atoms with Gasteiger partial charge in [-0.05, 0) is 37.1 Å². The van der Waals surface area contributed by atoms with Crippen LogP contribution in [0, 0.1) is 0 Å². The molecule has 2 rings (SSSR count). The van der Waals surface area contributed by atoms with Crippen molar-refractivity contribution in [2.75, 3.05) is 12.4 Å². The first kappa shape index (κ1) is 14.2. The molecule has 1 aromatic carbocycles. The summed E-state index contributed by atoms with van der Waals surface area (Å²) >= 11 is 0. The first-order valence-electron chi connectivity index (χ1n) is 6.57. The Balaban J connectivity index is 1.93. The minimum atomic E-state index is -0.720. The monoisotopic (exact) mass is 277 g/mol. The Kier molecular flexibility index (Phi) is 4.45. The summed E-state index contributed by atoms with van der Waals surface area (Å²) in [4.78, 5) is 23.1. The van der Waals surface area contributed by atoms with Crippen LogP contribution in [0.15, 0.2) is 24.3 Å². The predicted octanol–water partition coefficient (Wildman–Crippen LogP) is 0.630. The zero-order valence-electron chi connectivity index (χ0n) is 11.4. The highest BCUT2D eigenvalue weighted by Crippen LogP contribution is 2.19. The number of hydrogen-bond donors (Lipinski definition) is 3. The second-order valence-corrected chi connectivity index (χ2v) is 4.87. The Morgan fingerprint density at radius 1 is 1.35 bits per heavy atom. The second-order valence-electron chi connectivity index (χ2n) is 4.87. The van der Waals surface area contributed by atoms with Crippen LogP contribution in [-0.4, -0.2) is 31.0 Å². The molecule has 0 aromatic heterocycles. The molecule has 0 spiro atoms. The number of ether oxygens (including phenoxy) is 1. The topological polar surface area (TPSA) is 93.4 Å².